The molecule has 2 atom stereocenters. The van der Waals surface area contributed by atoms with E-state index in [1.807, 2.05) is 79.7 Å². The Kier molecular flexibility index (Phi) is 7.87. The van der Waals surface area contributed by atoms with Crippen LogP contribution >= 0.6 is 0 Å². The van der Waals surface area contributed by atoms with Gasteiger partial charge in [-0.2, -0.15) is 0 Å². The lowest BCUT2D eigenvalue weighted by Crippen LogP contribution is -2.73. The van der Waals surface area contributed by atoms with Gasteiger partial charge in [-0.1, -0.05) is 60.7 Å². The van der Waals surface area contributed by atoms with Crippen molar-refractivity contribution in [1.82, 2.24) is 15.1 Å². The predicted molar refractivity (Wildman–Crippen MR) is 140 cm³/mol. The number of carbonyl (C=O) groups is 3. The molecule has 0 saturated carbocycles. The number of ether oxygens (including phenoxy) is 3. The van der Waals surface area contributed by atoms with Crippen molar-refractivity contribution in [3.8, 4) is 0 Å². The maximum Gasteiger partial charge on any atom is 0.408 e. The van der Waals surface area contributed by atoms with Crippen LogP contribution < -0.4 is 5.32 Å². The summed E-state index contributed by atoms with van der Waals surface area (Å²) in [6, 6.07) is 17.8. The lowest BCUT2D eigenvalue weighted by Gasteiger charge is -2.49. The minimum atomic E-state index is -0.980. The van der Waals surface area contributed by atoms with Gasteiger partial charge >= 0.3 is 12.1 Å². The molecule has 200 valence electrons. The number of carbonyl (C=O) groups excluding carboxylic acids is 3. The minimum Gasteiger partial charge on any atom is -0.448 e. The maximum absolute atomic E-state index is 13.8. The van der Waals surface area contributed by atoms with Crippen molar-refractivity contribution in [3.05, 3.63) is 95.3 Å². The second kappa shape index (κ2) is 11.1. The zero-order chi connectivity index (χ0) is 27.4. The molecule has 2 unspecified atom stereocenters. The number of hydrogen-bond donors (Lipinski definition) is 1. The van der Waals surface area contributed by atoms with Gasteiger partial charge in [0.1, 0.15) is 11.3 Å². The van der Waals surface area contributed by atoms with Crippen molar-refractivity contribution in [3.63, 3.8) is 0 Å². The Balaban J connectivity index is 1.64. The Labute approximate surface area is 222 Å². The normalized spacial score (nSPS) is 19.2. The molecule has 0 spiro atoms. The summed E-state index contributed by atoms with van der Waals surface area (Å²) in [7, 11) is 3.69. The minimum absolute atomic E-state index is 0.0526. The Morgan fingerprint density at radius 2 is 1.63 bits per heavy atom. The summed E-state index contributed by atoms with van der Waals surface area (Å²) < 4.78 is 17.3. The van der Waals surface area contributed by atoms with Crippen molar-refractivity contribution in [2.24, 2.45) is 0 Å². The zero-order valence-electron chi connectivity index (χ0n) is 22.2. The van der Waals surface area contributed by atoms with E-state index in [4.69, 9.17) is 14.2 Å². The molecule has 1 fully saturated rings. The van der Waals surface area contributed by atoms with Crippen molar-refractivity contribution < 1.29 is 28.6 Å². The fraction of sp³-hybridized carbons (Fsp3) is 0.345. The fourth-order valence-electron chi connectivity index (χ4n) is 4.18. The van der Waals surface area contributed by atoms with E-state index in [9.17, 15) is 14.4 Å². The Morgan fingerprint density at radius 3 is 2.16 bits per heavy atom. The van der Waals surface area contributed by atoms with Crippen LogP contribution in [-0.4, -0.2) is 66.3 Å². The van der Waals surface area contributed by atoms with Crippen molar-refractivity contribution in [1.29, 1.82) is 0 Å². The van der Waals surface area contributed by atoms with E-state index >= 15 is 0 Å². The van der Waals surface area contributed by atoms with E-state index in [2.05, 4.69) is 5.32 Å². The Morgan fingerprint density at radius 1 is 1.05 bits per heavy atom. The molecule has 9 heteroatoms. The number of alkyl carbamates (subject to hydrolysis) is 1. The highest BCUT2D eigenvalue weighted by molar-refractivity contribution is 6.02. The van der Waals surface area contributed by atoms with Crippen LogP contribution in [0.2, 0.25) is 0 Å². The summed E-state index contributed by atoms with van der Waals surface area (Å²) in [6.07, 6.45) is 1.19. The molecule has 1 saturated heterocycles. The average molecular weight is 520 g/mol. The lowest BCUT2D eigenvalue weighted by atomic mass is 9.98. The maximum atomic E-state index is 13.8. The van der Waals surface area contributed by atoms with E-state index in [1.54, 1.807) is 33.0 Å². The molecule has 2 aliphatic heterocycles. The van der Waals surface area contributed by atoms with E-state index in [0.717, 1.165) is 11.1 Å². The molecular formula is C29H33N3O6. The van der Waals surface area contributed by atoms with Gasteiger partial charge in [-0.15, -0.1) is 0 Å². The van der Waals surface area contributed by atoms with Gasteiger partial charge in [0.15, 0.2) is 18.4 Å². The molecule has 4 rings (SSSR count). The monoisotopic (exact) mass is 519 g/mol. The number of nitrogens with zero attached hydrogens (tertiary/aromatic N) is 2. The van der Waals surface area contributed by atoms with Gasteiger partial charge in [-0.05, 0) is 44.2 Å². The van der Waals surface area contributed by atoms with Gasteiger partial charge in [0.25, 0.3) is 5.91 Å². The predicted octanol–water partition coefficient (Wildman–Crippen LogP) is 3.74. The quantitative estimate of drug-likeness (QED) is 0.440. The summed E-state index contributed by atoms with van der Waals surface area (Å²) in [6.45, 7) is 5.25. The van der Waals surface area contributed by atoms with Crippen LogP contribution in [0, 0.1) is 0 Å². The molecule has 2 aromatic rings. The van der Waals surface area contributed by atoms with Gasteiger partial charge < -0.3 is 24.4 Å². The molecule has 0 aliphatic carbocycles. The average Bonchev–Trinajstić information content (AvgIpc) is 2.88. The summed E-state index contributed by atoms with van der Waals surface area (Å²) in [5.74, 6) is -1.15. The molecule has 1 N–H and O–H groups in total. The van der Waals surface area contributed by atoms with Crippen molar-refractivity contribution >= 4 is 18.0 Å². The van der Waals surface area contributed by atoms with Crippen molar-refractivity contribution in [2.75, 3.05) is 20.7 Å². The smallest absolute Gasteiger partial charge is 0.408 e. The van der Waals surface area contributed by atoms with E-state index in [-0.39, 0.29) is 12.3 Å². The Bertz CT molecular complexity index is 1190. The molecule has 2 aromatic carbocycles. The summed E-state index contributed by atoms with van der Waals surface area (Å²) in [5, 5.41) is 2.56. The van der Waals surface area contributed by atoms with Crippen LogP contribution in [-0.2, 0) is 23.8 Å². The first kappa shape index (κ1) is 26.9. The SMILES string of the molecule is CN(C)C=CC1=C(C(=O)OC(c2ccccc2)c2ccccc2)N2C(=O)C(NC(=O)OC(C)(C)C)C2OC1. The molecular weight excluding hydrogens is 486 g/mol. The first-order valence-corrected chi connectivity index (χ1v) is 12.4. The number of amides is 2. The molecule has 0 bridgehead atoms. The highest BCUT2D eigenvalue weighted by Crippen LogP contribution is 2.36. The Hall–Kier alpha value is -4.11. The van der Waals surface area contributed by atoms with Crippen LogP contribution in [0.5, 0.6) is 0 Å². The van der Waals surface area contributed by atoms with Crippen LogP contribution in [0.1, 0.15) is 38.0 Å². The molecule has 0 radical (unpaired) electrons. The van der Waals surface area contributed by atoms with Crippen LogP contribution in [0.25, 0.3) is 0 Å². The molecule has 2 heterocycles. The first-order valence-electron chi connectivity index (χ1n) is 12.4. The van der Waals surface area contributed by atoms with Gasteiger partial charge in [-0.25, -0.2) is 9.59 Å². The van der Waals surface area contributed by atoms with Crippen molar-refractivity contribution in [2.45, 2.75) is 44.7 Å². The third-order valence-corrected chi connectivity index (χ3v) is 5.87. The van der Waals surface area contributed by atoms with Crippen LogP contribution in [0.3, 0.4) is 0 Å². The largest absolute Gasteiger partial charge is 0.448 e. The fourth-order valence-corrected chi connectivity index (χ4v) is 4.18. The van der Waals surface area contributed by atoms with Crippen LogP contribution in [0.15, 0.2) is 84.2 Å². The highest BCUT2D eigenvalue weighted by Gasteiger charge is 2.55. The standard InChI is InChI=1S/C29H33N3O6/c1-29(2,3)38-28(35)30-22-25(33)32-23(21(16-17-31(4)5)18-36-26(22)32)27(34)37-24(19-12-8-6-9-13-19)20-14-10-7-11-15-20/h6-17,22,24,26H,18H2,1-5H3,(H,30,35). The summed E-state index contributed by atoms with van der Waals surface area (Å²) in [5.41, 5.74) is 1.43. The van der Waals surface area contributed by atoms with Crippen LogP contribution in [0.4, 0.5) is 4.79 Å². The van der Waals surface area contributed by atoms with E-state index in [0.29, 0.717) is 5.57 Å². The van der Waals surface area contributed by atoms with Gasteiger partial charge in [0, 0.05) is 19.7 Å². The second-order valence-corrected chi connectivity index (χ2v) is 10.3. The molecule has 2 aliphatic rings. The third-order valence-electron chi connectivity index (χ3n) is 5.87. The van der Waals surface area contributed by atoms with E-state index < -0.39 is 41.9 Å². The molecule has 9 nitrogen and oxygen atoms in total. The number of hydrogen-bond acceptors (Lipinski definition) is 7. The highest BCUT2D eigenvalue weighted by atomic mass is 16.6. The van der Waals surface area contributed by atoms with Gasteiger partial charge in [0.05, 0.1) is 6.61 Å². The molecule has 2 amide bonds. The number of esters is 1. The number of β-lactam (4-membered cyclic amide) rings is 1. The van der Waals surface area contributed by atoms with Gasteiger partial charge in [-0.3, -0.25) is 9.69 Å². The summed E-state index contributed by atoms with van der Waals surface area (Å²) in [4.78, 5) is 42.4. The van der Waals surface area contributed by atoms with E-state index in [1.165, 1.54) is 4.90 Å². The number of nitrogens with one attached hydrogen (secondary N) is 1. The second-order valence-electron chi connectivity index (χ2n) is 10.3. The number of fused-ring (bicyclic) bond motifs is 1. The molecule has 0 aromatic heterocycles. The number of benzene rings is 2. The zero-order valence-corrected chi connectivity index (χ0v) is 22.2. The van der Waals surface area contributed by atoms with Gasteiger partial charge in [0.2, 0.25) is 0 Å². The number of rotatable bonds is 7. The topological polar surface area (TPSA) is 97.4 Å². The molecule has 38 heavy (non-hydrogen) atoms. The first-order chi connectivity index (χ1) is 18.0. The lowest BCUT2D eigenvalue weighted by molar-refractivity contribution is -0.184. The summed E-state index contributed by atoms with van der Waals surface area (Å²) >= 11 is 0. The third kappa shape index (κ3) is 6.06.